The summed E-state index contributed by atoms with van der Waals surface area (Å²) in [4.78, 5) is 17.0. The van der Waals surface area contributed by atoms with Crippen LogP contribution in [0.4, 0.5) is 0 Å². The maximum Gasteiger partial charge on any atom is 0.225 e. The number of nitrogens with zero attached hydrogens (tertiary/aromatic N) is 2. The van der Waals surface area contributed by atoms with Gasteiger partial charge in [0.2, 0.25) is 5.91 Å². The van der Waals surface area contributed by atoms with E-state index in [0.29, 0.717) is 23.2 Å². The molecule has 2 saturated heterocycles. The molecule has 0 aromatic heterocycles. The van der Waals surface area contributed by atoms with Crippen molar-refractivity contribution in [1.29, 1.82) is 0 Å². The SMILES string of the molecule is CSC1CN(C(=O)[C@H]2CCN[C@@H](C)C2)CC1N(C)C. The monoisotopic (exact) mass is 285 g/mol. The number of hydrogen-bond donors (Lipinski definition) is 1. The summed E-state index contributed by atoms with van der Waals surface area (Å²) >= 11 is 1.89. The van der Waals surface area contributed by atoms with E-state index in [-0.39, 0.29) is 5.92 Å². The predicted molar refractivity (Wildman–Crippen MR) is 81.5 cm³/mol. The highest BCUT2D eigenvalue weighted by Crippen LogP contribution is 2.27. The minimum Gasteiger partial charge on any atom is -0.340 e. The minimum absolute atomic E-state index is 0.236. The van der Waals surface area contributed by atoms with Crippen molar-refractivity contribution >= 4 is 17.7 Å². The van der Waals surface area contributed by atoms with Crippen molar-refractivity contribution in [3.63, 3.8) is 0 Å². The molecular weight excluding hydrogens is 258 g/mol. The molecule has 0 radical (unpaired) electrons. The minimum atomic E-state index is 0.236. The third-order valence-electron chi connectivity index (χ3n) is 4.49. The van der Waals surface area contributed by atoms with E-state index in [0.717, 1.165) is 32.5 Å². The van der Waals surface area contributed by atoms with E-state index >= 15 is 0 Å². The van der Waals surface area contributed by atoms with Gasteiger partial charge in [-0.1, -0.05) is 0 Å². The number of nitrogens with one attached hydrogen (secondary N) is 1. The molecule has 0 aromatic rings. The number of likely N-dealkylation sites (tertiary alicyclic amines) is 1. The van der Waals surface area contributed by atoms with Gasteiger partial charge in [0.1, 0.15) is 0 Å². The van der Waals surface area contributed by atoms with Gasteiger partial charge in [-0.2, -0.15) is 11.8 Å². The van der Waals surface area contributed by atoms with Gasteiger partial charge in [-0.05, 0) is 46.7 Å². The van der Waals surface area contributed by atoms with Crippen LogP contribution >= 0.6 is 11.8 Å². The molecule has 4 nitrogen and oxygen atoms in total. The lowest BCUT2D eigenvalue weighted by Gasteiger charge is -2.30. The second kappa shape index (κ2) is 6.46. The fraction of sp³-hybridized carbons (Fsp3) is 0.929. The van der Waals surface area contributed by atoms with Crippen molar-refractivity contribution in [2.45, 2.75) is 37.1 Å². The molecule has 2 aliphatic rings. The zero-order valence-electron chi connectivity index (χ0n) is 12.6. The Labute approximate surface area is 121 Å². The number of rotatable bonds is 3. The van der Waals surface area contributed by atoms with Crippen LogP contribution in [0.3, 0.4) is 0 Å². The standard InChI is InChI=1S/C14H27N3OS/c1-10-7-11(5-6-15-10)14(18)17-8-12(16(2)3)13(9-17)19-4/h10-13,15H,5-9H2,1-4H3/t10-,11-,12?,13?/m0/s1. The summed E-state index contributed by atoms with van der Waals surface area (Å²) in [5.41, 5.74) is 0. The lowest BCUT2D eigenvalue weighted by molar-refractivity contribution is -0.135. The Morgan fingerprint density at radius 2 is 2.11 bits per heavy atom. The summed E-state index contributed by atoms with van der Waals surface area (Å²) < 4.78 is 0. The van der Waals surface area contributed by atoms with Crippen LogP contribution < -0.4 is 5.32 Å². The van der Waals surface area contributed by atoms with Gasteiger partial charge in [0.05, 0.1) is 0 Å². The fourth-order valence-electron chi connectivity index (χ4n) is 3.28. The molecule has 0 spiro atoms. The highest BCUT2D eigenvalue weighted by Gasteiger charge is 2.38. The molecule has 4 atom stereocenters. The lowest BCUT2D eigenvalue weighted by atomic mass is 9.92. The number of carbonyl (C=O) groups is 1. The Hall–Kier alpha value is -0.260. The molecule has 0 bridgehead atoms. The van der Waals surface area contributed by atoms with Gasteiger partial charge in [-0.15, -0.1) is 0 Å². The Kier molecular flexibility index (Phi) is 5.15. The first-order valence-electron chi connectivity index (χ1n) is 7.24. The molecule has 1 N–H and O–H groups in total. The van der Waals surface area contributed by atoms with Gasteiger partial charge >= 0.3 is 0 Å². The topological polar surface area (TPSA) is 35.6 Å². The third kappa shape index (κ3) is 3.44. The van der Waals surface area contributed by atoms with Gasteiger partial charge in [-0.3, -0.25) is 4.79 Å². The van der Waals surface area contributed by atoms with Gasteiger partial charge in [0.15, 0.2) is 0 Å². The molecular formula is C14H27N3OS. The smallest absolute Gasteiger partial charge is 0.225 e. The number of piperidine rings is 1. The number of thioether (sulfide) groups is 1. The van der Waals surface area contributed by atoms with Gasteiger partial charge in [-0.25, -0.2) is 0 Å². The largest absolute Gasteiger partial charge is 0.340 e. The van der Waals surface area contributed by atoms with Crippen LogP contribution in [-0.4, -0.2) is 73.0 Å². The Bertz CT molecular complexity index is 324. The summed E-state index contributed by atoms with van der Waals surface area (Å²) in [5.74, 6) is 0.622. The van der Waals surface area contributed by atoms with Crippen LogP contribution in [-0.2, 0) is 4.79 Å². The second-order valence-electron chi connectivity index (χ2n) is 6.12. The molecule has 5 heteroatoms. The average Bonchev–Trinajstić information content (AvgIpc) is 2.82. The van der Waals surface area contributed by atoms with Gasteiger partial charge < -0.3 is 15.1 Å². The Balaban J connectivity index is 1.96. The summed E-state index contributed by atoms with van der Waals surface area (Å²) in [7, 11) is 4.24. The van der Waals surface area contributed by atoms with Crippen LogP contribution in [0.2, 0.25) is 0 Å². The van der Waals surface area contributed by atoms with E-state index in [1.165, 1.54) is 0 Å². The summed E-state index contributed by atoms with van der Waals surface area (Å²) in [5, 5.41) is 3.98. The number of amides is 1. The van der Waals surface area contributed by atoms with Crippen molar-refractivity contribution in [2.24, 2.45) is 5.92 Å². The average molecular weight is 285 g/mol. The van der Waals surface area contributed by atoms with Crippen molar-refractivity contribution in [3.05, 3.63) is 0 Å². The Morgan fingerprint density at radius 1 is 1.37 bits per heavy atom. The molecule has 2 aliphatic heterocycles. The quantitative estimate of drug-likeness (QED) is 0.835. The van der Waals surface area contributed by atoms with Gasteiger partial charge in [0.25, 0.3) is 0 Å². The zero-order valence-corrected chi connectivity index (χ0v) is 13.4. The Morgan fingerprint density at radius 3 is 2.63 bits per heavy atom. The highest BCUT2D eigenvalue weighted by atomic mass is 32.2. The van der Waals surface area contributed by atoms with Crippen molar-refractivity contribution in [1.82, 2.24) is 15.1 Å². The van der Waals surface area contributed by atoms with Gasteiger partial charge in [0, 0.05) is 36.3 Å². The molecule has 2 unspecified atom stereocenters. The molecule has 2 heterocycles. The normalized spacial score (nSPS) is 35.9. The summed E-state index contributed by atoms with van der Waals surface area (Å²) in [6.45, 7) is 4.97. The van der Waals surface area contributed by atoms with E-state index < -0.39 is 0 Å². The maximum atomic E-state index is 12.6. The maximum absolute atomic E-state index is 12.6. The van der Waals surface area contributed by atoms with Crippen LogP contribution in [0.1, 0.15) is 19.8 Å². The molecule has 0 aliphatic carbocycles. The molecule has 0 aromatic carbocycles. The first-order chi connectivity index (χ1) is 9.02. The summed E-state index contributed by atoms with van der Waals surface area (Å²) in [6, 6.07) is 0.976. The zero-order chi connectivity index (χ0) is 14.0. The molecule has 1 amide bonds. The van der Waals surface area contributed by atoms with Crippen LogP contribution in [0.15, 0.2) is 0 Å². The van der Waals surface area contributed by atoms with E-state index in [1.807, 2.05) is 11.8 Å². The lowest BCUT2D eigenvalue weighted by Crippen LogP contribution is -2.44. The third-order valence-corrected chi connectivity index (χ3v) is 5.56. The van der Waals surface area contributed by atoms with E-state index in [1.54, 1.807) is 0 Å². The molecule has 110 valence electrons. The van der Waals surface area contributed by atoms with E-state index in [9.17, 15) is 4.79 Å². The van der Waals surface area contributed by atoms with Crippen molar-refractivity contribution in [2.75, 3.05) is 40.0 Å². The molecule has 0 saturated carbocycles. The second-order valence-corrected chi connectivity index (χ2v) is 7.20. The van der Waals surface area contributed by atoms with Crippen molar-refractivity contribution in [3.8, 4) is 0 Å². The van der Waals surface area contributed by atoms with Crippen LogP contribution in [0.25, 0.3) is 0 Å². The van der Waals surface area contributed by atoms with Crippen LogP contribution in [0, 0.1) is 5.92 Å². The molecule has 19 heavy (non-hydrogen) atoms. The number of hydrogen-bond acceptors (Lipinski definition) is 4. The summed E-state index contributed by atoms with van der Waals surface area (Å²) in [6.07, 6.45) is 4.14. The number of carbonyl (C=O) groups excluding carboxylic acids is 1. The van der Waals surface area contributed by atoms with E-state index in [2.05, 4.69) is 42.4 Å². The first-order valence-corrected chi connectivity index (χ1v) is 8.53. The first kappa shape index (κ1) is 15.1. The molecule has 2 rings (SSSR count). The highest BCUT2D eigenvalue weighted by molar-refractivity contribution is 7.99. The van der Waals surface area contributed by atoms with Crippen LogP contribution in [0.5, 0.6) is 0 Å². The van der Waals surface area contributed by atoms with E-state index in [4.69, 9.17) is 0 Å². The number of likely N-dealkylation sites (N-methyl/N-ethyl adjacent to an activating group) is 1. The predicted octanol–water partition coefficient (Wildman–Crippen LogP) is 0.879. The van der Waals surface area contributed by atoms with Crippen molar-refractivity contribution < 1.29 is 4.79 Å². The fourth-order valence-corrected chi connectivity index (χ4v) is 4.25. The molecule has 2 fully saturated rings.